The van der Waals surface area contributed by atoms with Gasteiger partial charge in [0.25, 0.3) is 0 Å². The summed E-state index contributed by atoms with van der Waals surface area (Å²) >= 11 is 0. The van der Waals surface area contributed by atoms with Gasteiger partial charge in [-0.2, -0.15) is 0 Å². The molecule has 0 bridgehead atoms. The van der Waals surface area contributed by atoms with Crippen LogP contribution in [0.3, 0.4) is 0 Å². The molecule has 1 unspecified atom stereocenters. The van der Waals surface area contributed by atoms with Crippen LogP contribution in [0.25, 0.3) is 0 Å². The van der Waals surface area contributed by atoms with Crippen molar-refractivity contribution in [2.24, 2.45) is 5.92 Å². The molecule has 0 aromatic carbocycles. The zero-order valence-corrected chi connectivity index (χ0v) is 8.16. The number of carbonyl (C=O) groups excluding carboxylic acids is 1. The number of hydrogen-bond acceptors (Lipinski definition) is 3. The molecule has 0 fully saturated rings. The van der Waals surface area contributed by atoms with E-state index in [0.29, 0.717) is 31.4 Å². The molecule has 1 aliphatic rings. The van der Waals surface area contributed by atoms with Gasteiger partial charge in [-0.1, -0.05) is 6.08 Å². The Bertz CT molecular complexity index is 267. The monoisotopic (exact) mass is 198 g/mol. The summed E-state index contributed by atoms with van der Waals surface area (Å²) in [6, 6.07) is 0. The molecule has 0 amide bonds. The molecule has 0 aliphatic heterocycles. The largest absolute Gasteiger partial charge is 0.478 e. The second kappa shape index (κ2) is 4.79. The van der Waals surface area contributed by atoms with E-state index in [-0.39, 0.29) is 11.9 Å². The molecule has 1 N–H and O–H groups in total. The third-order valence-electron chi connectivity index (χ3n) is 2.27. The summed E-state index contributed by atoms with van der Waals surface area (Å²) in [5, 5.41) is 8.75. The van der Waals surface area contributed by atoms with E-state index < -0.39 is 5.97 Å². The Hall–Kier alpha value is -1.32. The smallest absolute Gasteiger partial charge is 0.331 e. The molecule has 0 spiro atoms. The van der Waals surface area contributed by atoms with Crippen LogP contribution in [0.5, 0.6) is 0 Å². The third kappa shape index (κ3) is 2.58. The van der Waals surface area contributed by atoms with Gasteiger partial charge >= 0.3 is 11.9 Å². The predicted octanol–water partition coefficient (Wildman–Crippen LogP) is 1.36. The Labute approximate surface area is 82.6 Å². The Balaban J connectivity index is 2.56. The number of carboxylic acids is 1. The molecular weight excluding hydrogens is 184 g/mol. The molecule has 78 valence electrons. The van der Waals surface area contributed by atoms with E-state index in [1.807, 2.05) is 0 Å². The zero-order valence-electron chi connectivity index (χ0n) is 8.16. The van der Waals surface area contributed by atoms with Gasteiger partial charge in [-0.05, 0) is 26.2 Å². The van der Waals surface area contributed by atoms with Crippen molar-refractivity contribution in [3.8, 4) is 0 Å². The van der Waals surface area contributed by atoms with Gasteiger partial charge in [0.05, 0.1) is 12.5 Å². The van der Waals surface area contributed by atoms with Crippen LogP contribution >= 0.6 is 0 Å². The molecule has 1 aliphatic carbocycles. The van der Waals surface area contributed by atoms with E-state index in [1.54, 1.807) is 13.0 Å². The fraction of sp³-hybridized carbons (Fsp3) is 0.600. The Kier molecular flexibility index (Phi) is 3.68. The zero-order chi connectivity index (χ0) is 10.6. The maximum absolute atomic E-state index is 11.3. The lowest BCUT2D eigenvalue weighted by atomic mass is 9.89. The van der Waals surface area contributed by atoms with Crippen molar-refractivity contribution in [2.45, 2.75) is 26.2 Å². The standard InChI is InChI=1S/C10H14O4/c1-2-14-10(13)8-5-3-4-7(6-8)9(11)12/h4,8H,2-3,5-6H2,1H3,(H,11,12). The van der Waals surface area contributed by atoms with Crippen LogP contribution in [0.1, 0.15) is 26.2 Å². The Morgan fingerprint density at radius 1 is 1.64 bits per heavy atom. The topological polar surface area (TPSA) is 63.6 Å². The van der Waals surface area contributed by atoms with E-state index in [0.717, 1.165) is 0 Å². The number of carboxylic acid groups (broad SMARTS) is 1. The number of aliphatic carboxylic acids is 1. The number of carbonyl (C=O) groups is 2. The van der Waals surface area contributed by atoms with Gasteiger partial charge in [0, 0.05) is 5.57 Å². The van der Waals surface area contributed by atoms with Crippen molar-refractivity contribution < 1.29 is 19.4 Å². The first-order valence-electron chi connectivity index (χ1n) is 4.74. The normalized spacial score (nSPS) is 21.2. The fourth-order valence-electron chi connectivity index (χ4n) is 1.55. The molecule has 4 heteroatoms. The minimum absolute atomic E-state index is 0.272. The van der Waals surface area contributed by atoms with E-state index >= 15 is 0 Å². The molecule has 1 atom stereocenters. The molecule has 14 heavy (non-hydrogen) atoms. The van der Waals surface area contributed by atoms with Crippen molar-refractivity contribution in [3.05, 3.63) is 11.6 Å². The lowest BCUT2D eigenvalue weighted by Crippen LogP contribution is -2.22. The molecule has 4 nitrogen and oxygen atoms in total. The maximum atomic E-state index is 11.3. The number of ether oxygens (including phenoxy) is 1. The molecular formula is C10H14O4. The van der Waals surface area contributed by atoms with Gasteiger partial charge in [0.2, 0.25) is 0 Å². The molecule has 0 saturated heterocycles. The van der Waals surface area contributed by atoms with Crippen molar-refractivity contribution in [1.29, 1.82) is 0 Å². The van der Waals surface area contributed by atoms with Gasteiger partial charge in [0.1, 0.15) is 0 Å². The molecule has 0 saturated carbocycles. The number of rotatable bonds is 3. The summed E-state index contributed by atoms with van der Waals surface area (Å²) < 4.78 is 4.85. The van der Waals surface area contributed by atoms with Crippen LogP contribution in [0.15, 0.2) is 11.6 Å². The van der Waals surface area contributed by atoms with Crippen LogP contribution in [-0.4, -0.2) is 23.7 Å². The van der Waals surface area contributed by atoms with Gasteiger partial charge in [-0.3, -0.25) is 4.79 Å². The van der Waals surface area contributed by atoms with Crippen LogP contribution < -0.4 is 0 Å². The number of esters is 1. The van der Waals surface area contributed by atoms with Crippen LogP contribution in [-0.2, 0) is 14.3 Å². The minimum Gasteiger partial charge on any atom is -0.478 e. The molecule has 0 radical (unpaired) electrons. The van der Waals surface area contributed by atoms with E-state index in [4.69, 9.17) is 9.84 Å². The highest BCUT2D eigenvalue weighted by Gasteiger charge is 2.26. The summed E-state index contributed by atoms with van der Waals surface area (Å²) in [7, 11) is 0. The average Bonchev–Trinajstić information content (AvgIpc) is 2.18. The highest BCUT2D eigenvalue weighted by atomic mass is 16.5. The van der Waals surface area contributed by atoms with E-state index in [1.165, 1.54) is 0 Å². The third-order valence-corrected chi connectivity index (χ3v) is 2.27. The molecule has 0 aromatic heterocycles. The van der Waals surface area contributed by atoms with Crippen molar-refractivity contribution in [1.82, 2.24) is 0 Å². The summed E-state index contributed by atoms with van der Waals surface area (Å²) in [5.74, 6) is -1.48. The molecule has 1 rings (SSSR count). The van der Waals surface area contributed by atoms with Gasteiger partial charge in [-0.25, -0.2) is 4.79 Å². The van der Waals surface area contributed by atoms with Crippen molar-refractivity contribution >= 4 is 11.9 Å². The molecule has 0 heterocycles. The lowest BCUT2D eigenvalue weighted by molar-refractivity contribution is -0.148. The maximum Gasteiger partial charge on any atom is 0.331 e. The summed E-state index contributed by atoms with van der Waals surface area (Å²) in [6.07, 6.45) is 3.31. The summed E-state index contributed by atoms with van der Waals surface area (Å²) in [4.78, 5) is 22.0. The Morgan fingerprint density at radius 2 is 2.36 bits per heavy atom. The first-order valence-corrected chi connectivity index (χ1v) is 4.74. The first-order chi connectivity index (χ1) is 6.65. The van der Waals surface area contributed by atoms with Crippen LogP contribution in [0, 0.1) is 5.92 Å². The van der Waals surface area contributed by atoms with Crippen LogP contribution in [0.2, 0.25) is 0 Å². The fourth-order valence-corrected chi connectivity index (χ4v) is 1.55. The number of allylic oxidation sites excluding steroid dienone is 1. The van der Waals surface area contributed by atoms with Crippen molar-refractivity contribution in [2.75, 3.05) is 6.61 Å². The number of hydrogen-bond donors (Lipinski definition) is 1. The predicted molar refractivity (Wildman–Crippen MR) is 49.7 cm³/mol. The van der Waals surface area contributed by atoms with Gasteiger partial charge in [0.15, 0.2) is 0 Å². The molecule has 0 aromatic rings. The summed E-state index contributed by atoms with van der Waals surface area (Å²) in [5.41, 5.74) is 0.328. The van der Waals surface area contributed by atoms with E-state index in [2.05, 4.69) is 0 Å². The minimum atomic E-state index is -0.931. The first kappa shape index (κ1) is 10.8. The second-order valence-electron chi connectivity index (χ2n) is 3.26. The van der Waals surface area contributed by atoms with Crippen LogP contribution in [0.4, 0.5) is 0 Å². The van der Waals surface area contributed by atoms with Crippen molar-refractivity contribution in [3.63, 3.8) is 0 Å². The quantitative estimate of drug-likeness (QED) is 0.695. The summed E-state index contributed by atoms with van der Waals surface area (Å²) in [6.45, 7) is 2.09. The SMILES string of the molecule is CCOC(=O)C1CCC=C(C(=O)O)C1. The lowest BCUT2D eigenvalue weighted by Gasteiger charge is -2.18. The second-order valence-corrected chi connectivity index (χ2v) is 3.26. The van der Waals surface area contributed by atoms with Gasteiger partial charge in [-0.15, -0.1) is 0 Å². The highest BCUT2D eigenvalue weighted by molar-refractivity contribution is 5.88. The average molecular weight is 198 g/mol. The highest BCUT2D eigenvalue weighted by Crippen LogP contribution is 2.25. The Morgan fingerprint density at radius 3 is 2.93 bits per heavy atom. The van der Waals surface area contributed by atoms with Gasteiger partial charge < -0.3 is 9.84 Å². The van der Waals surface area contributed by atoms with E-state index in [9.17, 15) is 9.59 Å².